The van der Waals surface area contributed by atoms with Crippen molar-refractivity contribution in [3.63, 3.8) is 0 Å². The maximum Gasteiger partial charge on any atom is 0.491 e. The minimum absolute atomic E-state index is 0.136. The Balaban J connectivity index is 1.47. The molecule has 1 amide bonds. The van der Waals surface area contributed by atoms with Crippen molar-refractivity contribution in [1.29, 1.82) is 0 Å². The topological polar surface area (TPSA) is 84.5 Å². The van der Waals surface area contributed by atoms with Gasteiger partial charge >= 0.3 is 18.1 Å². The molecule has 1 heterocycles. The molecule has 2 aromatic carbocycles. The van der Waals surface area contributed by atoms with Crippen LogP contribution in [0.5, 0.6) is 0 Å². The Hall–Kier alpha value is -3.20. The highest BCUT2D eigenvalue weighted by Crippen LogP contribution is 2.18. The average Bonchev–Trinajstić information content (AvgIpc) is 2.72. The highest BCUT2D eigenvalue weighted by molar-refractivity contribution is 5.89. The summed E-state index contributed by atoms with van der Waals surface area (Å²) in [6, 6.07) is 13.9. The lowest BCUT2D eigenvalue weighted by atomic mass is 9.95. The third-order valence-electron chi connectivity index (χ3n) is 4.67. The van der Waals surface area contributed by atoms with Crippen LogP contribution in [0.1, 0.15) is 22.3 Å². The van der Waals surface area contributed by atoms with E-state index in [0.717, 1.165) is 11.1 Å². The fraction of sp³-hybridized carbons (Fsp3) is 0.286. The quantitative estimate of drug-likeness (QED) is 0.572. The number of rotatable bonds is 5. The predicted molar refractivity (Wildman–Crippen MR) is 99.9 cm³/mol. The standard InChI is InChI=1S/C21H19F3N2O4/c22-21(23,24)20(29)30-18(27)9-13-5-7-14(8-6-13)11-26-19(28)17-10-15-3-1-2-4-16(15)12-25-17/h1-8,17,25H,9-12H2,(H,26,28)/t17-/m0/s1. The molecule has 0 aliphatic carbocycles. The second kappa shape index (κ2) is 9.08. The zero-order valence-electron chi connectivity index (χ0n) is 15.8. The Morgan fingerprint density at radius 2 is 1.63 bits per heavy atom. The van der Waals surface area contributed by atoms with Crippen LogP contribution in [-0.4, -0.2) is 30.1 Å². The summed E-state index contributed by atoms with van der Waals surface area (Å²) in [4.78, 5) is 34.5. The van der Waals surface area contributed by atoms with Crippen LogP contribution in [0.4, 0.5) is 13.2 Å². The van der Waals surface area contributed by atoms with E-state index >= 15 is 0 Å². The second-order valence-electron chi connectivity index (χ2n) is 6.88. The number of carbonyl (C=O) groups is 3. The fourth-order valence-corrected chi connectivity index (χ4v) is 3.09. The molecule has 1 aliphatic rings. The minimum Gasteiger partial charge on any atom is -0.386 e. The van der Waals surface area contributed by atoms with Crippen molar-refractivity contribution in [2.24, 2.45) is 0 Å². The molecule has 3 rings (SSSR count). The first-order valence-corrected chi connectivity index (χ1v) is 9.20. The van der Waals surface area contributed by atoms with Gasteiger partial charge < -0.3 is 15.4 Å². The van der Waals surface area contributed by atoms with Gasteiger partial charge in [0.05, 0.1) is 12.5 Å². The van der Waals surface area contributed by atoms with Crippen LogP contribution < -0.4 is 10.6 Å². The molecule has 0 radical (unpaired) electrons. The third kappa shape index (κ3) is 5.66. The lowest BCUT2D eigenvalue weighted by molar-refractivity contribution is -0.201. The summed E-state index contributed by atoms with van der Waals surface area (Å²) in [5.41, 5.74) is 3.45. The van der Waals surface area contributed by atoms with Crippen molar-refractivity contribution < 1.29 is 32.3 Å². The largest absolute Gasteiger partial charge is 0.491 e. The molecular formula is C21H19F3N2O4. The first-order chi connectivity index (χ1) is 14.2. The molecule has 0 bridgehead atoms. The molecule has 1 atom stereocenters. The number of halogens is 3. The van der Waals surface area contributed by atoms with Gasteiger partial charge in [-0.2, -0.15) is 13.2 Å². The van der Waals surface area contributed by atoms with Crippen LogP contribution in [0, 0.1) is 0 Å². The highest BCUT2D eigenvalue weighted by Gasteiger charge is 2.42. The summed E-state index contributed by atoms with van der Waals surface area (Å²) in [6.07, 6.45) is -5.09. The Morgan fingerprint density at radius 3 is 2.30 bits per heavy atom. The van der Waals surface area contributed by atoms with Crippen molar-refractivity contribution in [3.8, 4) is 0 Å². The number of alkyl halides is 3. The maximum atomic E-state index is 12.4. The van der Waals surface area contributed by atoms with Gasteiger partial charge in [-0.25, -0.2) is 4.79 Å². The summed E-state index contributed by atoms with van der Waals surface area (Å²) >= 11 is 0. The molecule has 6 nitrogen and oxygen atoms in total. The minimum atomic E-state index is -5.22. The predicted octanol–water partition coefficient (Wildman–Crippen LogP) is 2.19. The molecule has 0 unspecified atom stereocenters. The normalized spacial score (nSPS) is 15.8. The number of fused-ring (bicyclic) bond motifs is 1. The highest BCUT2D eigenvalue weighted by atomic mass is 19.4. The Morgan fingerprint density at radius 1 is 1.00 bits per heavy atom. The summed E-state index contributed by atoms with van der Waals surface area (Å²) in [5.74, 6) is -3.96. The zero-order chi connectivity index (χ0) is 21.7. The Bertz CT molecular complexity index is 942. The van der Waals surface area contributed by atoms with E-state index < -0.39 is 24.5 Å². The number of esters is 2. The van der Waals surface area contributed by atoms with E-state index in [0.29, 0.717) is 18.5 Å². The monoisotopic (exact) mass is 420 g/mol. The molecule has 30 heavy (non-hydrogen) atoms. The average molecular weight is 420 g/mol. The number of benzene rings is 2. The van der Waals surface area contributed by atoms with Gasteiger partial charge in [0.2, 0.25) is 5.91 Å². The molecule has 2 aromatic rings. The van der Waals surface area contributed by atoms with Gasteiger partial charge in [0.25, 0.3) is 0 Å². The van der Waals surface area contributed by atoms with Crippen molar-refractivity contribution in [2.45, 2.75) is 38.1 Å². The zero-order valence-corrected chi connectivity index (χ0v) is 15.8. The van der Waals surface area contributed by atoms with Gasteiger partial charge in [0.1, 0.15) is 0 Å². The van der Waals surface area contributed by atoms with Crippen LogP contribution in [0.2, 0.25) is 0 Å². The van der Waals surface area contributed by atoms with Crippen LogP contribution in [0.25, 0.3) is 0 Å². The van der Waals surface area contributed by atoms with Crippen molar-refractivity contribution in [3.05, 3.63) is 70.8 Å². The van der Waals surface area contributed by atoms with E-state index in [9.17, 15) is 27.6 Å². The van der Waals surface area contributed by atoms with E-state index in [-0.39, 0.29) is 18.5 Å². The van der Waals surface area contributed by atoms with Crippen molar-refractivity contribution >= 4 is 17.8 Å². The molecule has 0 saturated heterocycles. The molecule has 158 valence electrons. The number of hydrogen-bond donors (Lipinski definition) is 2. The smallest absolute Gasteiger partial charge is 0.386 e. The maximum absolute atomic E-state index is 12.4. The van der Waals surface area contributed by atoms with Gasteiger partial charge in [-0.15, -0.1) is 0 Å². The molecular weight excluding hydrogens is 401 g/mol. The summed E-state index contributed by atoms with van der Waals surface area (Å²) in [7, 11) is 0. The van der Waals surface area contributed by atoms with Gasteiger partial charge in [-0.1, -0.05) is 48.5 Å². The van der Waals surface area contributed by atoms with Gasteiger partial charge in [0.15, 0.2) is 0 Å². The number of carbonyl (C=O) groups excluding carboxylic acids is 3. The lowest BCUT2D eigenvalue weighted by Crippen LogP contribution is -2.47. The first kappa shape index (κ1) is 21.5. The summed E-state index contributed by atoms with van der Waals surface area (Å²) in [5, 5.41) is 6.04. The van der Waals surface area contributed by atoms with E-state index in [4.69, 9.17) is 0 Å². The van der Waals surface area contributed by atoms with E-state index in [1.807, 2.05) is 24.3 Å². The van der Waals surface area contributed by atoms with Gasteiger partial charge in [0, 0.05) is 13.1 Å². The van der Waals surface area contributed by atoms with Crippen molar-refractivity contribution in [1.82, 2.24) is 10.6 Å². The lowest BCUT2D eigenvalue weighted by Gasteiger charge is -2.25. The fourth-order valence-electron chi connectivity index (χ4n) is 3.09. The van der Waals surface area contributed by atoms with Crippen LogP contribution in [0.15, 0.2) is 48.5 Å². The first-order valence-electron chi connectivity index (χ1n) is 9.20. The molecule has 0 fully saturated rings. The molecule has 0 saturated carbocycles. The second-order valence-corrected chi connectivity index (χ2v) is 6.88. The van der Waals surface area contributed by atoms with Crippen LogP contribution in [0.3, 0.4) is 0 Å². The molecule has 0 aromatic heterocycles. The molecule has 1 aliphatic heterocycles. The summed E-state index contributed by atoms with van der Waals surface area (Å²) < 4.78 is 40.0. The SMILES string of the molecule is O=C(Cc1ccc(CNC(=O)[C@@H]2Cc3ccccc3CN2)cc1)OC(=O)C(F)(F)F. The molecule has 0 spiro atoms. The Kier molecular flexibility index (Phi) is 6.51. The van der Waals surface area contributed by atoms with E-state index in [1.165, 1.54) is 17.7 Å². The number of nitrogens with one attached hydrogen (secondary N) is 2. The van der Waals surface area contributed by atoms with Gasteiger partial charge in [-0.3, -0.25) is 9.59 Å². The number of hydrogen-bond acceptors (Lipinski definition) is 5. The summed E-state index contributed by atoms with van der Waals surface area (Å²) in [6.45, 7) is 0.881. The number of ether oxygens (including phenoxy) is 1. The van der Waals surface area contributed by atoms with Crippen LogP contribution >= 0.6 is 0 Å². The molecule has 9 heteroatoms. The van der Waals surface area contributed by atoms with Gasteiger partial charge in [-0.05, 0) is 28.7 Å². The Labute approximate surface area is 170 Å². The molecule has 2 N–H and O–H groups in total. The van der Waals surface area contributed by atoms with E-state index in [1.54, 1.807) is 12.1 Å². The van der Waals surface area contributed by atoms with Crippen molar-refractivity contribution in [2.75, 3.05) is 0 Å². The van der Waals surface area contributed by atoms with Crippen LogP contribution in [-0.2, 0) is 45.1 Å². The third-order valence-corrected chi connectivity index (χ3v) is 4.67. The number of amides is 1. The van der Waals surface area contributed by atoms with E-state index in [2.05, 4.69) is 15.4 Å².